The number of hydrogen-bond acceptors (Lipinski definition) is 4. The molecule has 0 saturated heterocycles. The second-order valence-electron chi connectivity index (χ2n) is 7.87. The zero-order valence-electron chi connectivity index (χ0n) is 17.0. The number of carboxylic acids is 1. The van der Waals surface area contributed by atoms with Gasteiger partial charge in [0.1, 0.15) is 6.54 Å². The number of nitrogens with zero attached hydrogens (tertiary/aromatic N) is 1. The molecule has 1 N–H and O–H groups in total. The van der Waals surface area contributed by atoms with Crippen LogP contribution in [0, 0.1) is 10.7 Å². The molecule has 1 aliphatic heterocycles. The van der Waals surface area contributed by atoms with E-state index >= 15 is 0 Å². The van der Waals surface area contributed by atoms with Gasteiger partial charge in [-0.3, -0.25) is 4.79 Å². The highest BCUT2D eigenvalue weighted by atomic mass is 127. The van der Waals surface area contributed by atoms with Gasteiger partial charge in [-0.2, -0.15) is 4.58 Å². The van der Waals surface area contributed by atoms with E-state index in [9.17, 15) is 17.8 Å². The fourth-order valence-electron chi connectivity index (χ4n) is 4.05. The van der Waals surface area contributed by atoms with Crippen LogP contribution in [0.25, 0.3) is 0 Å². The molecule has 168 valence electrons. The molecular weight excluding hydrogens is 747 g/mol. The van der Waals surface area contributed by atoms with Crippen molar-refractivity contribution >= 4 is 95.3 Å². The normalized spacial score (nSPS) is 18.7. The SMILES string of the molecule is CC1=[N+](CCCCS(=O)(=O)[O-])c2cc(I)c(I)c(I)c2C1(C)CCCCCC(=O)O. The Bertz CT molecular complexity index is 962. The number of rotatable bonds is 11. The van der Waals surface area contributed by atoms with Gasteiger partial charge in [-0.05, 0) is 94.0 Å². The van der Waals surface area contributed by atoms with E-state index in [2.05, 4.69) is 92.3 Å². The summed E-state index contributed by atoms with van der Waals surface area (Å²) in [6, 6.07) is 2.20. The predicted molar refractivity (Wildman–Crippen MR) is 142 cm³/mol. The van der Waals surface area contributed by atoms with Crippen LogP contribution >= 0.6 is 67.8 Å². The Morgan fingerprint density at radius 2 is 1.80 bits per heavy atom. The minimum absolute atomic E-state index is 0.149. The number of unbranched alkanes of at least 4 members (excludes halogenated alkanes) is 3. The molecule has 1 heterocycles. The van der Waals surface area contributed by atoms with Crippen LogP contribution in [0.2, 0.25) is 0 Å². The smallest absolute Gasteiger partial charge is 0.303 e. The van der Waals surface area contributed by atoms with Crippen molar-refractivity contribution in [2.24, 2.45) is 0 Å². The summed E-state index contributed by atoms with van der Waals surface area (Å²) in [5, 5.41) is 8.86. The molecule has 0 bridgehead atoms. The van der Waals surface area contributed by atoms with Gasteiger partial charge in [-0.25, -0.2) is 8.42 Å². The van der Waals surface area contributed by atoms with Gasteiger partial charge in [0.05, 0.1) is 21.1 Å². The molecule has 0 aliphatic carbocycles. The van der Waals surface area contributed by atoms with Crippen LogP contribution in [0.1, 0.15) is 64.4 Å². The number of carboxylic acid groups (broad SMARTS) is 1. The van der Waals surface area contributed by atoms with E-state index in [4.69, 9.17) is 5.11 Å². The van der Waals surface area contributed by atoms with Crippen LogP contribution in [0.3, 0.4) is 0 Å². The molecule has 0 saturated carbocycles. The lowest BCUT2D eigenvalue weighted by atomic mass is 9.76. The lowest BCUT2D eigenvalue weighted by molar-refractivity contribution is -0.439. The molecule has 1 atom stereocenters. The van der Waals surface area contributed by atoms with Crippen LogP contribution in [-0.2, 0) is 20.3 Å². The molecule has 1 aromatic rings. The third kappa shape index (κ3) is 6.50. The van der Waals surface area contributed by atoms with Crippen LogP contribution in [0.4, 0.5) is 5.69 Å². The highest BCUT2D eigenvalue weighted by Crippen LogP contribution is 2.47. The molecule has 1 aliphatic rings. The van der Waals surface area contributed by atoms with Crippen molar-refractivity contribution in [1.29, 1.82) is 0 Å². The van der Waals surface area contributed by atoms with Gasteiger partial charge < -0.3 is 9.66 Å². The van der Waals surface area contributed by atoms with E-state index in [0.29, 0.717) is 25.8 Å². The zero-order valence-corrected chi connectivity index (χ0v) is 24.3. The van der Waals surface area contributed by atoms with Crippen molar-refractivity contribution in [2.75, 3.05) is 12.3 Å². The minimum Gasteiger partial charge on any atom is -0.748 e. The maximum absolute atomic E-state index is 10.9. The van der Waals surface area contributed by atoms with Crippen LogP contribution < -0.4 is 0 Å². The number of benzene rings is 1. The average molecular weight is 773 g/mol. The Morgan fingerprint density at radius 3 is 2.40 bits per heavy atom. The van der Waals surface area contributed by atoms with Gasteiger partial charge in [0.25, 0.3) is 0 Å². The highest BCUT2D eigenvalue weighted by molar-refractivity contribution is 14.1. The molecule has 0 aromatic heterocycles. The summed E-state index contributed by atoms with van der Waals surface area (Å²) in [4.78, 5) is 10.8. The van der Waals surface area contributed by atoms with Gasteiger partial charge in [-0.15, -0.1) is 0 Å². The Kier molecular flexibility index (Phi) is 9.84. The zero-order chi connectivity index (χ0) is 22.7. The summed E-state index contributed by atoms with van der Waals surface area (Å²) >= 11 is 7.16. The largest absolute Gasteiger partial charge is 0.748 e. The number of fused-ring (bicyclic) bond motifs is 1. The molecule has 0 amide bonds. The van der Waals surface area contributed by atoms with Gasteiger partial charge in [-0.1, -0.05) is 12.8 Å². The molecule has 2 rings (SSSR count). The first-order valence-electron chi connectivity index (χ1n) is 9.83. The fourth-order valence-corrected chi connectivity index (χ4v) is 7.28. The summed E-state index contributed by atoms with van der Waals surface area (Å²) in [6.07, 6.45) is 4.64. The second-order valence-corrected chi connectivity index (χ2v) is 12.7. The van der Waals surface area contributed by atoms with E-state index in [1.54, 1.807) is 0 Å². The quantitative estimate of drug-likeness (QED) is 0.109. The number of aliphatic carboxylic acids is 1. The maximum Gasteiger partial charge on any atom is 0.303 e. The lowest BCUT2D eigenvalue weighted by Gasteiger charge is -2.24. The molecule has 0 fully saturated rings. The van der Waals surface area contributed by atoms with Crippen molar-refractivity contribution in [3.05, 3.63) is 22.3 Å². The van der Waals surface area contributed by atoms with E-state index in [-0.39, 0.29) is 17.6 Å². The third-order valence-corrected chi connectivity index (χ3v) is 11.7. The Balaban J connectivity index is 2.29. The van der Waals surface area contributed by atoms with E-state index < -0.39 is 16.1 Å². The number of carbonyl (C=O) groups is 1. The number of halogens is 3. The van der Waals surface area contributed by atoms with Crippen LogP contribution in [0.5, 0.6) is 0 Å². The fraction of sp³-hybridized carbons (Fsp3) is 0.600. The molecule has 0 spiro atoms. The summed E-state index contributed by atoms with van der Waals surface area (Å²) in [7, 11) is -4.18. The summed E-state index contributed by atoms with van der Waals surface area (Å²) in [5.41, 5.74) is 3.56. The molecule has 0 radical (unpaired) electrons. The Morgan fingerprint density at radius 1 is 1.13 bits per heavy atom. The van der Waals surface area contributed by atoms with Gasteiger partial charge in [0.2, 0.25) is 5.69 Å². The molecule has 6 nitrogen and oxygen atoms in total. The Labute approximate surface area is 219 Å². The van der Waals surface area contributed by atoms with Gasteiger partial charge in [0, 0.05) is 42.3 Å². The highest BCUT2D eigenvalue weighted by Gasteiger charge is 2.48. The molecule has 1 aromatic carbocycles. The maximum atomic E-state index is 10.9. The first kappa shape index (κ1) is 26.7. The van der Waals surface area contributed by atoms with E-state index in [1.165, 1.54) is 27.7 Å². The summed E-state index contributed by atoms with van der Waals surface area (Å²) in [5.74, 6) is -1.07. The molecular formula is C20H26I3NO5S. The van der Waals surface area contributed by atoms with E-state index in [1.807, 2.05) is 0 Å². The van der Waals surface area contributed by atoms with E-state index in [0.717, 1.165) is 19.3 Å². The standard InChI is InChI=1S/C20H26I3NO5S/c1-13-20(2,9-5-3-4-8-16(25)26)17-15(12-14(21)18(22)19(17)23)24(13)10-6-7-11-30(27,28)29/h12H,3-11H2,1-2H3,(H-,25,26,27,28,29). The number of hydrogen-bond donors (Lipinski definition) is 1. The van der Waals surface area contributed by atoms with Crippen molar-refractivity contribution in [3.8, 4) is 0 Å². The first-order valence-corrected chi connectivity index (χ1v) is 14.6. The molecule has 10 heteroatoms. The average Bonchev–Trinajstić information content (AvgIpc) is 2.83. The van der Waals surface area contributed by atoms with Crippen molar-refractivity contribution in [2.45, 2.75) is 64.2 Å². The lowest BCUT2D eigenvalue weighted by Crippen LogP contribution is -2.31. The van der Waals surface area contributed by atoms with Crippen LogP contribution in [0.15, 0.2) is 6.07 Å². The summed E-state index contributed by atoms with van der Waals surface area (Å²) < 4.78 is 38.7. The third-order valence-electron chi connectivity index (χ3n) is 5.78. The molecule has 1 unspecified atom stereocenters. The molecule has 30 heavy (non-hydrogen) atoms. The van der Waals surface area contributed by atoms with Crippen molar-refractivity contribution in [3.63, 3.8) is 0 Å². The van der Waals surface area contributed by atoms with Crippen molar-refractivity contribution in [1.82, 2.24) is 0 Å². The second kappa shape index (κ2) is 11.1. The Hall–Kier alpha value is 0.460. The van der Waals surface area contributed by atoms with Crippen LogP contribution in [-0.4, -0.2) is 46.6 Å². The summed E-state index contributed by atoms with van der Waals surface area (Å²) in [6.45, 7) is 5.07. The minimum atomic E-state index is -4.18. The van der Waals surface area contributed by atoms with Gasteiger partial charge >= 0.3 is 5.97 Å². The first-order chi connectivity index (χ1) is 13.9. The van der Waals surface area contributed by atoms with Gasteiger partial charge in [0.15, 0.2) is 5.71 Å². The van der Waals surface area contributed by atoms with Crippen molar-refractivity contribution < 1.29 is 27.4 Å². The topological polar surface area (TPSA) is 97.5 Å². The predicted octanol–water partition coefficient (Wildman–Crippen LogP) is 5.24. The monoisotopic (exact) mass is 773 g/mol.